The van der Waals surface area contributed by atoms with Crippen molar-refractivity contribution < 1.29 is 4.79 Å². The van der Waals surface area contributed by atoms with Gasteiger partial charge in [0.25, 0.3) is 5.56 Å². The molecule has 0 aliphatic carbocycles. The van der Waals surface area contributed by atoms with Gasteiger partial charge < -0.3 is 22.1 Å². The molecular formula is C19H19ClN6O2. The molecule has 0 saturated carbocycles. The maximum Gasteiger partial charge on any atom is 0.257 e. The van der Waals surface area contributed by atoms with E-state index < -0.39 is 0 Å². The monoisotopic (exact) mass is 398 g/mol. The number of hydrogen-bond acceptors (Lipinski definition) is 6. The molecule has 3 aromatic rings. The number of nitrogens with one attached hydrogen (secondary N) is 3. The Hall–Kier alpha value is -3.20. The van der Waals surface area contributed by atoms with Gasteiger partial charge in [-0.2, -0.15) is 0 Å². The molecule has 0 aliphatic rings. The van der Waals surface area contributed by atoms with Crippen molar-refractivity contribution in [2.45, 2.75) is 6.54 Å². The first-order valence-corrected chi connectivity index (χ1v) is 8.84. The van der Waals surface area contributed by atoms with E-state index in [-0.39, 0.29) is 30.5 Å². The molecule has 0 atom stereocenters. The van der Waals surface area contributed by atoms with Gasteiger partial charge in [-0.1, -0.05) is 23.7 Å². The Morgan fingerprint density at radius 1 is 1.04 bits per heavy atom. The normalized spacial score (nSPS) is 10.5. The van der Waals surface area contributed by atoms with E-state index in [0.717, 1.165) is 5.69 Å². The van der Waals surface area contributed by atoms with Crippen LogP contribution in [-0.2, 0) is 11.3 Å². The fourth-order valence-electron chi connectivity index (χ4n) is 2.58. The lowest BCUT2D eigenvalue weighted by atomic mass is 10.1. The third-order valence-electron chi connectivity index (χ3n) is 3.95. The van der Waals surface area contributed by atoms with Crippen LogP contribution in [0, 0.1) is 0 Å². The maximum absolute atomic E-state index is 12.5. The van der Waals surface area contributed by atoms with Crippen molar-refractivity contribution in [2.24, 2.45) is 11.5 Å². The number of aromatic nitrogens is 2. The van der Waals surface area contributed by atoms with E-state index in [4.69, 9.17) is 23.1 Å². The summed E-state index contributed by atoms with van der Waals surface area (Å²) in [5.74, 6) is -0.0147. The van der Waals surface area contributed by atoms with Gasteiger partial charge in [0, 0.05) is 28.5 Å². The number of hydrogen-bond donors (Lipinski definition) is 5. The van der Waals surface area contributed by atoms with Gasteiger partial charge in [0.05, 0.1) is 17.8 Å². The Morgan fingerprint density at radius 3 is 2.29 bits per heavy atom. The Balaban J connectivity index is 1.94. The minimum atomic E-state index is -0.329. The summed E-state index contributed by atoms with van der Waals surface area (Å²) >= 11 is 5.89. The van der Waals surface area contributed by atoms with E-state index in [1.165, 1.54) is 0 Å². The fraction of sp³-hybridized carbons (Fsp3) is 0.105. The summed E-state index contributed by atoms with van der Waals surface area (Å²) < 4.78 is 0. The molecule has 28 heavy (non-hydrogen) atoms. The zero-order valence-corrected chi connectivity index (χ0v) is 15.6. The largest absolute Gasteiger partial charge is 0.326 e. The number of anilines is 3. The summed E-state index contributed by atoms with van der Waals surface area (Å²) in [6.45, 7) is -0.0705. The SMILES string of the molecule is NCC(=O)Nc1ccc(-c2nc(Nc3ccc(Cl)cc3)[nH]c(=O)c2CN)cc1. The molecule has 8 nitrogen and oxygen atoms in total. The second kappa shape index (κ2) is 8.66. The molecule has 7 N–H and O–H groups in total. The molecule has 1 amide bonds. The first-order valence-electron chi connectivity index (χ1n) is 8.46. The van der Waals surface area contributed by atoms with Gasteiger partial charge in [-0.25, -0.2) is 4.98 Å². The number of nitrogens with two attached hydrogens (primary N) is 2. The van der Waals surface area contributed by atoms with Crippen LogP contribution in [0.1, 0.15) is 5.56 Å². The molecule has 0 radical (unpaired) electrons. The highest BCUT2D eigenvalue weighted by Crippen LogP contribution is 2.24. The number of nitrogens with zero attached hydrogens (tertiary/aromatic N) is 1. The molecule has 9 heteroatoms. The molecule has 0 unspecified atom stereocenters. The van der Waals surface area contributed by atoms with Crippen LogP contribution in [-0.4, -0.2) is 22.4 Å². The number of rotatable bonds is 6. The first kappa shape index (κ1) is 19.6. The summed E-state index contributed by atoms with van der Waals surface area (Å²) in [7, 11) is 0. The molecule has 0 spiro atoms. The highest BCUT2D eigenvalue weighted by atomic mass is 35.5. The van der Waals surface area contributed by atoms with E-state index >= 15 is 0 Å². The van der Waals surface area contributed by atoms with Gasteiger partial charge in [-0.3, -0.25) is 14.6 Å². The van der Waals surface area contributed by atoms with Gasteiger partial charge in [0.15, 0.2) is 0 Å². The average Bonchev–Trinajstić information content (AvgIpc) is 2.70. The van der Waals surface area contributed by atoms with Crippen LogP contribution < -0.4 is 27.7 Å². The van der Waals surface area contributed by atoms with Crippen molar-refractivity contribution in [3.8, 4) is 11.3 Å². The molecule has 3 rings (SSSR count). The quantitative estimate of drug-likeness (QED) is 0.431. The topological polar surface area (TPSA) is 139 Å². The first-order chi connectivity index (χ1) is 13.5. The summed E-state index contributed by atoms with van der Waals surface area (Å²) in [5, 5.41) is 6.30. The van der Waals surface area contributed by atoms with Gasteiger partial charge in [0.1, 0.15) is 0 Å². The van der Waals surface area contributed by atoms with Crippen LogP contribution >= 0.6 is 11.6 Å². The Kier molecular flexibility index (Phi) is 6.05. The predicted molar refractivity (Wildman–Crippen MR) is 111 cm³/mol. The van der Waals surface area contributed by atoms with Gasteiger partial charge in [-0.05, 0) is 36.4 Å². The van der Waals surface area contributed by atoms with Crippen molar-refractivity contribution in [1.82, 2.24) is 9.97 Å². The van der Waals surface area contributed by atoms with Crippen molar-refractivity contribution in [3.05, 3.63) is 69.5 Å². The predicted octanol–water partition coefficient (Wildman–Crippen LogP) is 2.19. The van der Waals surface area contributed by atoms with Gasteiger partial charge >= 0.3 is 0 Å². The third-order valence-corrected chi connectivity index (χ3v) is 4.21. The van der Waals surface area contributed by atoms with Crippen LogP contribution in [0.2, 0.25) is 5.02 Å². The summed E-state index contributed by atoms with van der Waals surface area (Å²) in [4.78, 5) is 31.0. The zero-order valence-electron chi connectivity index (χ0n) is 14.8. The smallest absolute Gasteiger partial charge is 0.257 e. The highest BCUT2D eigenvalue weighted by molar-refractivity contribution is 6.30. The average molecular weight is 399 g/mol. The Morgan fingerprint density at radius 2 is 1.68 bits per heavy atom. The number of aromatic amines is 1. The highest BCUT2D eigenvalue weighted by Gasteiger charge is 2.13. The van der Waals surface area contributed by atoms with E-state index in [0.29, 0.717) is 27.5 Å². The van der Waals surface area contributed by atoms with Crippen LogP contribution in [0.3, 0.4) is 0 Å². The molecule has 0 saturated heterocycles. The lowest BCUT2D eigenvalue weighted by Crippen LogP contribution is -2.22. The minimum Gasteiger partial charge on any atom is -0.326 e. The van der Waals surface area contributed by atoms with E-state index in [1.54, 1.807) is 48.5 Å². The van der Waals surface area contributed by atoms with E-state index in [9.17, 15) is 9.59 Å². The number of halogens is 1. The Bertz CT molecular complexity index is 1030. The summed E-state index contributed by atoms with van der Waals surface area (Å²) in [5.41, 5.74) is 13.5. The zero-order chi connectivity index (χ0) is 20.1. The molecule has 0 aliphatic heterocycles. The molecular weight excluding hydrogens is 380 g/mol. The number of benzene rings is 2. The number of H-pyrrole nitrogens is 1. The number of amides is 1. The van der Waals surface area contributed by atoms with Crippen molar-refractivity contribution in [2.75, 3.05) is 17.2 Å². The summed E-state index contributed by atoms with van der Waals surface area (Å²) in [6, 6.07) is 13.9. The van der Waals surface area contributed by atoms with Crippen LogP contribution in [0.4, 0.5) is 17.3 Å². The summed E-state index contributed by atoms with van der Waals surface area (Å²) in [6.07, 6.45) is 0. The maximum atomic E-state index is 12.5. The lowest BCUT2D eigenvalue weighted by molar-refractivity contribution is -0.114. The van der Waals surface area contributed by atoms with Crippen molar-refractivity contribution in [1.29, 1.82) is 0 Å². The van der Waals surface area contributed by atoms with Crippen LogP contribution in [0.5, 0.6) is 0 Å². The molecule has 2 aromatic carbocycles. The van der Waals surface area contributed by atoms with Gasteiger partial charge in [-0.15, -0.1) is 0 Å². The lowest BCUT2D eigenvalue weighted by Gasteiger charge is -2.11. The van der Waals surface area contributed by atoms with Crippen LogP contribution in [0.25, 0.3) is 11.3 Å². The number of carbonyl (C=O) groups excluding carboxylic acids is 1. The fourth-order valence-corrected chi connectivity index (χ4v) is 2.70. The second-order valence-corrected chi connectivity index (χ2v) is 6.34. The molecule has 144 valence electrons. The second-order valence-electron chi connectivity index (χ2n) is 5.91. The Labute approximate surface area is 165 Å². The number of carbonyl (C=O) groups is 1. The van der Waals surface area contributed by atoms with Crippen molar-refractivity contribution in [3.63, 3.8) is 0 Å². The van der Waals surface area contributed by atoms with Gasteiger partial charge in [0.2, 0.25) is 11.9 Å². The standard InChI is InChI=1S/C19H19ClN6O2/c20-12-3-7-14(8-4-12)24-19-25-17(15(9-21)18(28)26-19)11-1-5-13(6-2-11)23-16(27)10-22/h1-8H,9-10,21-22H2,(H,23,27)(H2,24,25,26,28). The molecule has 1 heterocycles. The molecule has 0 bridgehead atoms. The third kappa shape index (κ3) is 4.55. The van der Waals surface area contributed by atoms with E-state index in [2.05, 4.69) is 20.6 Å². The van der Waals surface area contributed by atoms with Crippen molar-refractivity contribution >= 4 is 34.8 Å². The molecule has 1 aromatic heterocycles. The molecule has 0 fully saturated rings. The van der Waals surface area contributed by atoms with Crippen LogP contribution in [0.15, 0.2) is 53.3 Å². The van der Waals surface area contributed by atoms with E-state index in [1.807, 2.05) is 0 Å². The minimum absolute atomic E-state index is 0.0323.